The SMILES string of the molecule is C[C@H](NCC(=O)N[C@H](C)c1ccc(F)cc1F)c1ccccc1Cl. The smallest absolute Gasteiger partial charge is 0.234 e. The fraction of sp³-hybridized carbons (Fsp3) is 0.278. The van der Waals surface area contributed by atoms with Crippen molar-refractivity contribution in [2.45, 2.75) is 25.9 Å². The Bertz CT molecular complexity index is 724. The van der Waals surface area contributed by atoms with Gasteiger partial charge >= 0.3 is 0 Å². The summed E-state index contributed by atoms with van der Waals surface area (Å²) in [6, 6.07) is 10.0. The second-order valence-electron chi connectivity index (χ2n) is 5.58. The quantitative estimate of drug-likeness (QED) is 0.820. The summed E-state index contributed by atoms with van der Waals surface area (Å²) in [6.07, 6.45) is 0. The predicted molar refractivity (Wildman–Crippen MR) is 90.8 cm³/mol. The van der Waals surface area contributed by atoms with Gasteiger partial charge in [-0.25, -0.2) is 8.78 Å². The van der Waals surface area contributed by atoms with Gasteiger partial charge in [0.1, 0.15) is 11.6 Å². The molecule has 0 bridgehead atoms. The van der Waals surface area contributed by atoms with E-state index in [0.717, 1.165) is 11.6 Å². The standard InChI is InChI=1S/C18H19ClF2N2O/c1-11(14-5-3-4-6-16(14)19)22-10-18(24)23-12(2)15-8-7-13(20)9-17(15)21/h3-9,11-12,22H,10H2,1-2H3,(H,23,24)/t11-,12+/m0/s1. The van der Waals surface area contributed by atoms with E-state index in [0.29, 0.717) is 5.02 Å². The molecule has 0 unspecified atom stereocenters. The van der Waals surface area contributed by atoms with Crippen molar-refractivity contribution in [3.63, 3.8) is 0 Å². The molecule has 0 radical (unpaired) electrons. The van der Waals surface area contributed by atoms with Crippen LogP contribution in [0.15, 0.2) is 42.5 Å². The zero-order chi connectivity index (χ0) is 17.7. The highest BCUT2D eigenvalue weighted by molar-refractivity contribution is 6.31. The Morgan fingerprint density at radius 3 is 2.46 bits per heavy atom. The lowest BCUT2D eigenvalue weighted by Crippen LogP contribution is -2.36. The fourth-order valence-corrected chi connectivity index (χ4v) is 2.70. The summed E-state index contributed by atoms with van der Waals surface area (Å²) in [5.74, 6) is -1.62. The van der Waals surface area contributed by atoms with Crippen molar-refractivity contribution < 1.29 is 13.6 Å². The Morgan fingerprint density at radius 1 is 1.08 bits per heavy atom. The van der Waals surface area contributed by atoms with Crippen LogP contribution in [0.3, 0.4) is 0 Å². The third-order valence-electron chi connectivity index (χ3n) is 3.75. The molecule has 0 aliphatic heterocycles. The molecule has 2 aromatic rings. The number of benzene rings is 2. The highest BCUT2D eigenvalue weighted by Crippen LogP contribution is 2.22. The van der Waals surface area contributed by atoms with Gasteiger partial charge in [-0.2, -0.15) is 0 Å². The van der Waals surface area contributed by atoms with Crippen molar-refractivity contribution in [1.82, 2.24) is 10.6 Å². The predicted octanol–water partition coefficient (Wildman–Crippen LogP) is 4.15. The minimum absolute atomic E-state index is 0.0551. The Labute approximate surface area is 145 Å². The molecule has 0 aliphatic carbocycles. The lowest BCUT2D eigenvalue weighted by molar-refractivity contribution is -0.121. The number of halogens is 3. The fourth-order valence-electron chi connectivity index (χ4n) is 2.40. The molecule has 6 heteroatoms. The number of nitrogens with one attached hydrogen (secondary N) is 2. The van der Waals surface area contributed by atoms with E-state index in [2.05, 4.69) is 10.6 Å². The van der Waals surface area contributed by atoms with Gasteiger partial charge in [-0.1, -0.05) is 35.9 Å². The normalized spacial score (nSPS) is 13.4. The van der Waals surface area contributed by atoms with Crippen LogP contribution in [0, 0.1) is 11.6 Å². The first-order valence-electron chi connectivity index (χ1n) is 7.60. The summed E-state index contributed by atoms with van der Waals surface area (Å²) in [5, 5.41) is 6.38. The first-order valence-corrected chi connectivity index (χ1v) is 7.98. The molecule has 24 heavy (non-hydrogen) atoms. The third-order valence-corrected chi connectivity index (χ3v) is 4.09. The van der Waals surface area contributed by atoms with Gasteiger partial charge in [0.2, 0.25) is 5.91 Å². The molecule has 0 aromatic heterocycles. The van der Waals surface area contributed by atoms with Crippen molar-refractivity contribution in [3.8, 4) is 0 Å². The number of hydrogen-bond donors (Lipinski definition) is 2. The lowest BCUT2D eigenvalue weighted by Gasteiger charge is -2.18. The molecule has 1 amide bonds. The molecule has 2 rings (SSSR count). The highest BCUT2D eigenvalue weighted by atomic mass is 35.5. The second kappa shape index (κ2) is 8.22. The van der Waals surface area contributed by atoms with Crippen molar-refractivity contribution in [1.29, 1.82) is 0 Å². The van der Waals surface area contributed by atoms with Crippen LogP contribution in [0.25, 0.3) is 0 Å². The third kappa shape index (κ3) is 4.76. The molecule has 0 fully saturated rings. The molecule has 0 aliphatic rings. The van der Waals surface area contributed by atoms with E-state index in [4.69, 9.17) is 11.6 Å². The summed E-state index contributed by atoms with van der Waals surface area (Å²) in [4.78, 5) is 12.0. The first kappa shape index (κ1) is 18.4. The number of hydrogen-bond acceptors (Lipinski definition) is 2. The van der Waals surface area contributed by atoms with E-state index in [1.54, 1.807) is 13.0 Å². The molecule has 128 valence electrons. The molecule has 0 spiro atoms. The maximum absolute atomic E-state index is 13.7. The van der Waals surface area contributed by atoms with Gasteiger partial charge in [0.15, 0.2) is 0 Å². The van der Waals surface area contributed by atoms with Crippen molar-refractivity contribution >= 4 is 17.5 Å². The largest absolute Gasteiger partial charge is 0.348 e. The Morgan fingerprint density at radius 2 is 1.79 bits per heavy atom. The van der Waals surface area contributed by atoms with Gasteiger partial charge in [-0.15, -0.1) is 0 Å². The van der Waals surface area contributed by atoms with Gasteiger partial charge in [0.25, 0.3) is 0 Å². The minimum atomic E-state index is -0.680. The average Bonchev–Trinajstić information content (AvgIpc) is 2.52. The zero-order valence-electron chi connectivity index (χ0n) is 13.4. The van der Waals surface area contributed by atoms with Crippen LogP contribution in [0.5, 0.6) is 0 Å². The molecular formula is C18H19ClF2N2O. The molecule has 2 N–H and O–H groups in total. The molecule has 0 heterocycles. The zero-order valence-corrected chi connectivity index (χ0v) is 14.2. The molecule has 2 aromatic carbocycles. The van der Waals surface area contributed by atoms with Crippen molar-refractivity contribution in [2.75, 3.05) is 6.54 Å². The minimum Gasteiger partial charge on any atom is -0.348 e. The molecular weight excluding hydrogens is 334 g/mol. The van der Waals surface area contributed by atoms with Gasteiger partial charge in [-0.3, -0.25) is 4.79 Å². The summed E-state index contributed by atoms with van der Waals surface area (Å²) in [5.41, 5.74) is 1.13. The van der Waals surface area contributed by atoms with Gasteiger partial charge < -0.3 is 10.6 Å². The molecule has 2 atom stereocenters. The van der Waals surface area contributed by atoms with Crippen LogP contribution < -0.4 is 10.6 Å². The van der Waals surface area contributed by atoms with Gasteiger partial charge in [0, 0.05) is 22.7 Å². The lowest BCUT2D eigenvalue weighted by atomic mass is 10.1. The maximum atomic E-state index is 13.7. The van der Waals surface area contributed by atoms with Crippen LogP contribution in [-0.2, 0) is 4.79 Å². The van der Waals surface area contributed by atoms with Crippen molar-refractivity contribution in [2.24, 2.45) is 0 Å². The Hall–Kier alpha value is -1.98. The highest BCUT2D eigenvalue weighted by Gasteiger charge is 2.15. The average molecular weight is 353 g/mol. The Kier molecular flexibility index (Phi) is 6.29. The van der Waals surface area contributed by atoms with Crippen LogP contribution in [0.2, 0.25) is 5.02 Å². The first-order chi connectivity index (χ1) is 11.4. The summed E-state index contributed by atoms with van der Waals surface area (Å²) >= 11 is 6.12. The Balaban J connectivity index is 1.90. The van der Waals surface area contributed by atoms with E-state index >= 15 is 0 Å². The maximum Gasteiger partial charge on any atom is 0.234 e. The molecule has 0 saturated heterocycles. The van der Waals surface area contributed by atoms with Crippen LogP contribution in [-0.4, -0.2) is 12.5 Å². The number of amides is 1. The topological polar surface area (TPSA) is 41.1 Å². The van der Waals surface area contributed by atoms with Gasteiger partial charge in [0.05, 0.1) is 12.6 Å². The van der Waals surface area contributed by atoms with Crippen molar-refractivity contribution in [3.05, 3.63) is 70.2 Å². The summed E-state index contributed by atoms with van der Waals surface area (Å²) in [7, 11) is 0. The van der Waals surface area contributed by atoms with Crippen LogP contribution in [0.1, 0.15) is 37.1 Å². The molecule has 3 nitrogen and oxygen atoms in total. The van der Waals surface area contributed by atoms with Gasteiger partial charge in [-0.05, 0) is 31.5 Å². The number of rotatable bonds is 6. The summed E-state index contributed by atoms with van der Waals surface area (Å²) < 4.78 is 26.6. The van der Waals surface area contributed by atoms with Crippen LogP contribution >= 0.6 is 11.6 Å². The summed E-state index contributed by atoms with van der Waals surface area (Å²) in [6.45, 7) is 3.60. The van der Waals surface area contributed by atoms with E-state index in [1.165, 1.54) is 12.1 Å². The second-order valence-corrected chi connectivity index (χ2v) is 5.99. The number of carbonyl (C=O) groups is 1. The molecule has 0 saturated carbocycles. The van der Waals surface area contributed by atoms with E-state index in [-0.39, 0.29) is 24.1 Å². The van der Waals surface area contributed by atoms with Crippen LogP contribution in [0.4, 0.5) is 8.78 Å². The van der Waals surface area contributed by atoms with E-state index in [1.807, 2.05) is 25.1 Å². The van der Waals surface area contributed by atoms with E-state index < -0.39 is 17.7 Å². The monoisotopic (exact) mass is 352 g/mol. The van der Waals surface area contributed by atoms with E-state index in [9.17, 15) is 13.6 Å². The number of carbonyl (C=O) groups excluding carboxylic acids is 1.